The normalized spacial score (nSPS) is 12.7. The summed E-state index contributed by atoms with van der Waals surface area (Å²) in [5.74, 6) is -0.627. The molecule has 3 aromatic rings. The first-order valence-corrected chi connectivity index (χ1v) is 12.8. The lowest BCUT2D eigenvalue weighted by atomic mass is 9.89. The summed E-state index contributed by atoms with van der Waals surface area (Å²) >= 11 is 1.32. The molecule has 0 N–H and O–H groups in total. The predicted molar refractivity (Wildman–Crippen MR) is 137 cm³/mol. The molecule has 0 saturated carbocycles. The Hall–Kier alpha value is -3.32. The van der Waals surface area contributed by atoms with E-state index in [9.17, 15) is 14.4 Å². The lowest BCUT2D eigenvalue weighted by Gasteiger charge is -2.21. The van der Waals surface area contributed by atoms with E-state index in [2.05, 4.69) is 4.98 Å². The molecule has 0 radical (unpaired) electrons. The third-order valence-corrected chi connectivity index (χ3v) is 7.35. The summed E-state index contributed by atoms with van der Waals surface area (Å²) in [5.41, 5.74) is 6.70. The smallest absolute Gasteiger partial charge is 0.306 e. The van der Waals surface area contributed by atoms with Crippen LogP contribution in [0.25, 0.3) is 0 Å². The van der Waals surface area contributed by atoms with Gasteiger partial charge in [0.1, 0.15) is 6.61 Å². The molecule has 6 nitrogen and oxygen atoms in total. The second-order valence-corrected chi connectivity index (χ2v) is 9.81. The number of hydrogen-bond donors (Lipinski definition) is 0. The number of aryl methyl sites for hydroxylation is 3. The Labute approximate surface area is 210 Å². The number of Topliss-reactive ketones (excluding diaryl/α,β-unsaturated/α-hetero) is 1. The molecule has 0 atom stereocenters. The fourth-order valence-electron chi connectivity index (χ4n) is 4.34. The number of hydrogen-bond acceptors (Lipinski definition) is 6. The lowest BCUT2D eigenvalue weighted by Crippen LogP contribution is -2.23. The van der Waals surface area contributed by atoms with Gasteiger partial charge >= 0.3 is 5.97 Å². The van der Waals surface area contributed by atoms with Gasteiger partial charge in [0.25, 0.3) is 0 Å². The summed E-state index contributed by atoms with van der Waals surface area (Å²) in [7, 11) is 0. The minimum Gasteiger partial charge on any atom is -0.459 e. The van der Waals surface area contributed by atoms with Gasteiger partial charge in [0.2, 0.25) is 5.91 Å². The van der Waals surface area contributed by atoms with E-state index >= 15 is 0 Å². The number of rotatable bonds is 8. The van der Waals surface area contributed by atoms with Gasteiger partial charge in [0.15, 0.2) is 10.9 Å². The van der Waals surface area contributed by atoms with E-state index in [1.54, 1.807) is 10.3 Å². The van der Waals surface area contributed by atoms with Crippen LogP contribution in [0, 0.1) is 13.8 Å². The van der Waals surface area contributed by atoms with Crippen molar-refractivity contribution in [2.24, 2.45) is 0 Å². The van der Waals surface area contributed by atoms with Gasteiger partial charge in [-0.15, -0.1) is 11.3 Å². The molecular formula is C28H30N2O4S. The summed E-state index contributed by atoms with van der Waals surface area (Å²) in [5, 5.41) is 2.31. The molecule has 35 heavy (non-hydrogen) atoms. The summed E-state index contributed by atoms with van der Waals surface area (Å²) in [6.45, 7) is 5.48. The first-order valence-electron chi connectivity index (χ1n) is 12.0. The number of nitrogens with zero attached hydrogens (tertiary/aromatic N) is 2. The molecule has 1 aliphatic carbocycles. The molecule has 0 saturated heterocycles. The van der Waals surface area contributed by atoms with Gasteiger partial charge in [0, 0.05) is 24.3 Å². The quantitative estimate of drug-likeness (QED) is 0.285. The third kappa shape index (κ3) is 5.85. The van der Waals surface area contributed by atoms with Crippen LogP contribution in [-0.4, -0.2) is 22.6 Å². The molecule has 1 heterocycles. The van der Waals surface area contributed by atoms with E-state index < -0.39 is 5.97 Å². The summed E-state index contributed by atoms with van der Waals surface area (Å²) in [6.07, 6.45) is 4.58. The second kappa shape index (κ2) is 11.0. The number of carbonyl (C=O) groups is 3. The van der Waals surface area contributed by atoms with Crippen molar-refractivity contribution in [1.29, 1.82) is 0 Å². The number of ketones is 1. The van der Waals surface area contributed by atoms with Crippen LogP contribution in [0.15, 0.2) is 41.8 Å². The number of thiazole rings is 1. The van der Waals surface area contributed by atoms with Crippen molar-refractivity contribution in [3.63, 3.8) is 0 Å². The highest BCUT2D eigenvalue weighted by molar-refractivity contribution is 7.14. The molecule has 0 spiro atoms. The predicted octanol–water partition coefficient (Wildman–Crippen LogP) is 6.03. The second-order valence-electron chi connectivity index (χ2n) is 8.97. The molecule has 2 aromatic carbocycles. The van der Waals surface area contributed by atoms with E-state index in [1.165, 1.54) is 35.8 Å². The number of esters is 1. The molecular weight excluding hydrogens is 460 g/mol. The van der Waals surface area contributed by atoms with Crippen molar-refractivity contribution in [3.8, 4) is 0 Å². The Morgan fingerprint density at radius 1 is 1.03 bits per heavy atom. The average molecular weight is 491 g/mol. The zero-order valence-corrected chi connectivity index (χ0v) is 21.2. The Bertz CT molecular complexity index is 1260. The first-order chi connectivity index (χ1) is 16.8. The molecule has 0 fully saturated rings. The molecule has 0 unspecified atom stereocenters. The average Bonchev–Trinajstić information content (AvgIpc) is 3.31. The molecule has 0 aliphatic heterocycles. The van der Waals surface area contributed by atoms with Crippen molar-refractivity contribution < 1.29 is 19.1 Å². The maximum Gasteiger partial charge on any atom is 0.306 e. The number of amides is 1. The molecule has 0 bridgehead atoms. The molecule has 4 rings (SSSR count). The minimum absolute atomic E-state index is 0.000906. The SMILES string of the molecule is CC(=O)N(c1nc(COC(=O)CCC(=O)c2ccc3c(c2)CCCC3)cs1)c1cccc(C)c1C. The highest BCUT2D eigenvalue weighted by Crippen LogP contribution is 2.32. The van der Waals surface area contributed by atoms with Crippen molar-refractivity contribution in [2.75, 3.05) is 4.90 Å². The standard InChI is InChI=1S/C28H30N2O4S/c1-18-7-6-10-25(19(18)2)30(20(3)31)28-29-24(17-35-28)16-34-27(33)14-13-26(32)23-12-11-21-8-4-5-9-22(21)15-23/h6-7,10-12,15,17H,4-5,8-9,13-14,16H2,1-3H3. The van der Waals surface area contributed by atoms with Crippen LogP contribution in [0.4, 0.5) is 10.8 Å². The van der Waals surface area contributed by atoms with Crippen molar-refractivity contribution in [3.05, 3.63) is 75.3 Å². The van der Waals surface area contributed by atoms with E-state index in [0.717, 1.165) is 36.1 Å². The van der Waals surface area contributed by atoms with E-state index in [1.807, 2.05) is 50.2 Å². The number of anilines is 2. The Balaban J connectivity index is 1.32. The minimum atomic E-state index is -0.441. The van der Waals surface area contributed by atoms with Crippen LogP contribution >= 0.6 is 11.3 Å². The van der Waals surface area contributed by atoms with Crippen molar-refractivity contribution >= 4 is 39.8 Å². The third-order valence-electron chi connectivity index (χ3n) is 6.47. The Morgan fingerprint density at radius 2 is 1.80 bits per heavy atom. The van der Waals surface area contributed by atoms with Gasteiger partial charge in [-0.05, 0) is 73.9 Å². The monoisotopic (exact) mass is 490 g/mol. The topological polar surface area (TPSA) is 76.6 Å². The number of carbonyl (C=O) groups excluding carboxylic acids is 3. The fraction of sp³-hybridized carbons (Fsp3) is 0.357. The highest BCUT2D eigenvalue weighted by Gasteiger charge is 2.21. The Morgan fingerprint density at radius 3 is 2.57 bits per heavy atom. The van der Waals surface area contributed by atoms with Gasteiger partial charge < -0.3 is 4.74 Å². The van der Waals surface area contributed by atoms with E-state index in [0.29, 0.717) is 16.4 Å². The molecule has 1 amide bonds. The maximum absolute atomic E-state index is 12.6. The molecule has 1 aromatic heterocycles. The number of fused-ring (bicyclic) bond motifs is 1. The van der Waals surface area contributed by atoms with Gasteiger partial charge in [-0.25, -0.2) is 4.98 Å². The number of ether oxygens (including phenoxy) is 1. The zero-order valence-electron chi connectivity index (χ0n) is 20.4. The van der Waals surface area contributed by atoms with Gasteiger partial charge in [-0.2, -0.15) is 0 Å². The Kier molecular flexibility index (Phi) is 7.76. The lowest BCUT2D eigenvalue weighted by molar-refractivity contribution is -0.145. The van der Waals surface area contributed by atoms with Crippen LogP contribution in [0.1, 0.15) is 70.9 Å². The van der Waals surface area contributed by atoms with E-state index in [-0.39, 0.29) is 31.1 Å². The van der Waals surface area contributed by atoms with Crippen molar-refractivity contribution in [1.82, 2.24) is 4.98 Å². The van der Waals surface area contributed by atoms with Crippen LogP contribution in [0.2, 0.25) is 0 Å². The van der Waals surface area contributed by atoms with Gasteiger partial charge in [-0.1, -0.05) is 24.3 Å². The zero-order chi connectivity index (χ0) is 24.9. The largest absolute Gasteiger partial charge is 0.459 e. The van der Waals surface area contributed by atoms with E-state index in [4.69, 9.17) is 4.74 Å². The molecule has 7 heteroatoms. The van der Waals surface area contributed by atoms with Crippen LogP contribution in [0.5, 0.6) is 0 Å². The molecule has 182 valence electrons. The maximum atomic E-state index is 12.6. The van der Waals surface area contributed by atoms with Gasteiger partial charge in [0.05, 0.1) is 17.8 Å². The fourth-order valence-corrected chi connectivity index (χ4v) is 5.21. The van der Waals surface area contributed by atoms with Gasteiger partial charge in [-0.3, -0.25) is 19.3 Å². The summed E-state index contributed by atoms with van der Waals surface area (Å²) in [6, 6.07) is 11.7. The van der Waals surface area contributed by atoms with Crippen LogP contribution in [-0.2, 0) is 33.8 Å². The summed E-state index contributed by atoms with van der Waals surface area (Å²) in [4.78, 5) is 43.4. The van der Waals surface area contributed by atoms with Crippen molar-refractivity contribution in [2.45, 2.75) is 65.9 Å². The molecule has 1 aliphatic rings. The van der Waals surface area contributed by atoms with Crippen LogP contribution < -0.4 is 4.90 Å². The highest BCUT2D eigenvalue weighted by atomic mass is 32.1. The first kappa shape index (κ1) is 24.8. The number of aromatic nitrogens is 1. The van der Waals surface area contributed by atoms with Crippen LogP contribution in [0.3, 0.4) is 0 Å². The summed E-state index contributed by atoms with van der Waals surface area (Å²) < 4.78 is 5.36. The number of benzene rings is 2.